The molecule has 0 saturated carbocycles. The lowest BCUT2D eigenvalue weighted by atomic mass is 9.89. The Morgan fingerprint density at radius 2 is 1.77 bits per heavy atom. The number of phenols is 2. The summed E-state index contributed by atoms with van der Waals surface area (Å²) < 4.78 is 5.85. The predicted molar refractivity (Wildman–Crippen MR) is 103 cm³/mol. The lowest BCUT2D eigenvalue weighted by molar-refractivity contribution is 0.223. The Bertz CT molecular complexity index is 727. The van der Waals surface area contributed by atoms with Crippen molar-refractivity contribution in [3.05, 3.63) is 53.1 Å². The molecule has 0 radical (unpaired) electrons. The first-order chi connectivity index (χ1) is 12.6. The number of nitrogens with one attached hydrogen (secondary N) is 1. The van der Waals surface area contributed by atoms with Gasteiger partial charge in [0.05, 0.1) is 6.04 Å². The molecule has 0 aromatic heterocycles. The number of hydrogen-bond acceptors (Lipinski definition) is 5. The molecule has 140 valence electrons. The van der Waals surface area contributed by atoms with Crippen LogP contribution in [0.5, 0.6) is 17.2 Å². The van der Waals surface area contributed by atoms with Gasteiger partial charge in [-0.2, -0.15) is 0 Å². The van der Waals surface area contributed by atoms with Crippen LogP contribution >= 0.6 is 0 Å². The molecule has 0 amide bonds. The van der Waals surface area contributed by atoms with Crippen molar-refractivity contribution in [1.82, 2.24) is 10.2 Å². The van der Waals surface area contributed by atoms with E-state index in [0.717, 1.165) is 55.0 Å². The van der Waals surface area contributed by atoms with Gasteiger partial charge in [0.25, 0.3) is 0 Å². The lowest BCUT2D eigenvalue weighted by Crippen LogP contribution is -2.30. The van der Waals surface area contributed by atoms with Gasteiger partial charge >= 0.3 is 0 Å². The van der Waals surface area contributed by atoms with Crippen molar-refractivity contribution in [3.8, 4) is 17.2 Å². The Hall–Kier alpha value is -2.24. The van der Waals surface area contributed by atoms with E-state index in [9.17, 15) is 10.2 Å². The van der Waals surface area contributed by atoms with Crippen LogP contribution in [0.1, 0.15) is 36.6 Å². The fourth-order valence-electron chi connectivity index (χ4n) is 3.47. The van der Waals surface area contributed by atoms with Crippen LogP contribution in [0.4, 0.5) is 0 Å². The molecule has 1 heterocycles. The Labute approximate surface area is 155 Å². The van der Waals surface area contributed by atoms with Gasteiger partial charge in [-0.25, -0.2) is 0 Å². The summed E-state index contributed by atoms with van der Waals surface area (Å²) >= 11 is 0. The van der Waals surface area contributed by atoms with Crippen LogP contribution < -0.4 is 10.1 Å². The molecule has 0 saturated heterocycles. The summed E-state index contributed by atoms with van der Waals surface area (Å²) in [6, 6.07) is 11.4. The fourth-order valence-corrected chi connectivity index (χ4v) is 3.47. The van der Waals surface area contributed by atoms with Crippen LogP contribution in [0.15, 0.2) is 36.4 Å². The lowest BCUT2D eigenvalue weighted by Gasteiger charge is -2.28. The van der Waals surface area contributed by atoms with Crippen molar-refractivity contribution >= 4 is 0 Å². The number of phenolic OH excluding ortho intramolecular Hbond substituents is 2. The topological polar surface area (TPSA) is 65.0 Å². The molecule has 1 unspecified atom stereocenters. The highest BCUT2D eigenvalue weighted by Crippen LogP contribution is 2.36. The second-order valence-corrected chi connectivity index (χ2v) is 6.62. The Morgan fingerprint density at radius 1 is 1.08 bits per heavy atom. The third-order valence-electron chi connectivity index (χ3n) is 5.07. The Kier molecular flexibility index (Phi) is 6.01. The number of rotatable bonds is 7. The van der Waals surface area contributed by atoms with Crippen LogP contribution in [0, 0.1) is 0 Å². The summed E-state index contributed by atoms with van der Waals surface area (Å²) in [5.41, 5.74) is 3.21. The van der Waals surface area contributed by atoms with Gasteiger partial charge in [-0.15, -0.1) is 0 Å². The van der Waals surface area contributed by atoms with Crippen LogP contribution in [0.3, 0.4) is 0 Å². The average molecular weight is 356 g/mol. The van der Waals surface area contributed by atoms with Crippen molar-refractivity contribution in [2.24, 2.45) is 0 Å². The number of hydrogen-bond donors (Lipinski definition) is 3. The van der Waals surface area contributed by atoms with E-state index >= 15 is 0 Å². The van der Waals surface area contributed by atoms with Crippen LogP contribution in [-0.4, -0.2) is 47.9 Å². The zero-order valence-corrected chi connectivity index (χ0v) is 15.5. The van der Waals surface area contributed by atoms with Gasteiger partial charge in [-0.3, -0.25) is 0 Å². The second kappa shape index (κ2) is 8.43. The third-order valence-corrected chi connectivity index (χ3v) is 5.07. The SMILES string of the molecule is CCN(CC)CCOc1ccc(C2NCCc3cc(O)c(O)cc32)cc1. The van der Waals surface area contributed by atoms with Crippen LogP contribution in [0.2, 0.25) is 0 Å². The van der Waals surface area contributed by atoms with E-state index in [1.807, 2.05) is 12.1 Å². The Balaban J connectivity index is 1.69. The van der Waals surface area contributed by atoms with E-state index in [1.165, 1.54) is 0 Å². The van der Waals surface area contributed by atoms with Crippen molar-refractivity contribution < 1.29 is 14.9 Å². The molecule has 0 fully saturated rings. The maximum Gasteiger partial charge on any atom is 0.157 e. The monoisotopic (exact) mass is 356 g/mol. The first-order valence-corrected chi connectivity index (χ1v) is 9.35. The van der Waals surface area contributed by atoms with Crippen LogP contribution in [0.25, 0.3) is 0 Å². The molecule has 1 aliphatic rings. The average Bonchev–Trinajstić information content (AvgIpc) is 2.66. The van der Waals surface area contributed by atoms with Gasteiger partial charge in [-0.1, -0.05) is 26.0 Å². The minimum Gasteiger partial charge on any atom is -0.504 e. The molecular formula is C21H28N2O3. The molecule has 3 N–H and O–H groups in total. The number of fused-ring (bicyclic) bond motifs is 1. The van der Waals surface area contributed by atoms with Crippen molar-refractivity contribution in [3.63, 3.8) is 0 Å². The molecule has 0 aliphatic carbocycles. The molecular weight excluding hydrogens is 328 g/mol. The van der Waals surface area contributed by atoms with E-state index in [2.05, 4.69) is 36.2 Å². The van der Waals surface area contributed by atoms with Crippen molar-refractivity contribution in [2.45, 2.75) is 26.3 Å². The zero-order valence-electron chi connectivity index (χ0n) is 15.5. The number of aromatic hydroxyl groups is 2. The van der Waals surface area contributed by atoms with Gasteiger partial charge in [0, 0.05) is 13.1 Å². The Morgan fingerprint density at radius 3 is 2.46 bits per heavy atom. The number of ether oxygens (including phenoxy) is 1. The molecule has 2 aromatic rings. The van der Waals surface area contributed by atoms with Crippen LogP contribution in [-0.2, 0) is 6.42 Å². The van der Waals surface area contributed by atoms with Gasteiger partial charge in [0.2, 0.25) is 0 Å². The maximum atomic E-state index is 9.86. The van der Waals surface area contributed by atoms with E-state index in [1.54, 1.807) is 12.1 Å². The van der Waals surface area contributed by atoms with Crippen molar-refractivity contribution in [1.29, 1.82) is 0 Å². The quantitative estimate of drug-likeness (QED) is 0.666. The molecule has 3 rings (SSSR count). The second-order valence-electron chi connectivity index (χ2n) is 6.62. The minimum absolute atomic E-state index is 0.00924. The van der Waals surface area contributed by atoms with E-state index in [-0.39, 0.29) is 17.5 Å². The van der Waals surface area contributed by atoms with Gasteiger partial charge in [-0.05, 0) is 60.5 Å². The minimum atomic E-state index is -0.0752. The largest absolute Gasteiger partial charge is 0.504 e. The summed E-state index contributed by atoms with van der Waals surface area (Å²) in [5, 5.41) is 23.1. The number of nitrogens with zero attached hydrogens (tertiary/aromatic N) is 1. The third kappa shape index (κ3) is 4.11. The first-order valence-electron chi connectivity index (χ1n) is 9.35. The molecule has 0 bridgehead atoms. The summed E-state index contributed by atoms with van der Waals surface area (Å²) in [5.74, 6) is 0.737. The zero-order chi connectivity index (χ0) is 18.5. The standard InChI is InChI=1S/C21H28N2O3/c1-3-23(4-2)11-12-26-17-7-5-15(6-8-17)21-18-14-20(25)19(24)13-16(18)9-10-22-21/h5-8,13-14,21-22,24-25H,3-4,9-12H2,1-2H3. The number of benzene rings is 2. The predicted octanol–water partition coefficient (Wildman–Crippen LogP) is 3.05. The molecule has 2 aromatic carbocycles. The number of likely N-dealkylation sites (N-methyl/N-ethyl adjacent to an activating group) is 1. The highest BCUT2D eigenvalue weighted by atomic mass is 16.5. The normalized spacial score (nSPS) is 16.5. The summed E-state index contributed by atoms with van der Waals surface area (Å²) in [6.07, 6.45) is 0.840. The van der Waals surface area contributed by atoms with Crippen molar-refractivity contribution in [2.75, 3.05) is 32.8 Å². The molecule has 1 atom stereocenters. The molecule has 0 spiro atoms. The smallest absolute Gasteiger partial charge is 0.157 e. The molecule has 26 heavy (non-hydrogen) atoms. The molecule has 5 nitrogen and oxygen atoms in total. The van der Waals surface area contributed by atoms with Gasteiger partial charge in [0.15, 0.2) is 11.5 Å². The van der Waals surface area contributed by atoms with E-state index in [4.69, 9.17) is 4.74 Å². The highest BCUT2D eigenvalue weighted by Gasteiger charge is 2.23. The summed E-state index contributed by atoms with van der Waals surface area (Å²) in [6.45, 7) is 8.83. The molecule has 1 aliphatic heterocycles. The van der Waals surface area contributed by atoms with E-state index in [0.29, 0.717) is 6.61 Å². The maximum absolute atomic E-state index is 9.86. The first kappa shape index (κ1) is 18.5. The fraction of sp³-hybridized carbons (Fsp3) is 0.429. The van der Waals surface area contributed by atoms with Gasteiger partial charge < -0.3 is 25.2 Å². The van der Waals surface area contributed by atoms with E-state index < -0.39 is 0 Å². The summed E-state index contributed by atoms with van der Waals surface area (Å²) in [4.78, 5) is 2.33. The molecule has 5 heteroatoms. The highest BCUT2D eigenvalue weighted by molar-refractivity contribution is 5.50. The van der Waals surface area contributed by atoms with Gasteiger partial charge in [0.1, 0.15) is 12.4 Å². The summed E-state index contributed by atoms with van der Waals surface area (Å²) in [7, 11) is 0.